The Morgan fingerprint density at radius 3 is 2.56 bits per heavy atom. The maximum Gasteiger partial charge on any atom is 0.360 e. The molecule has 3 heterocycles. The summed E-state index contributed by atoms with van der Waals surface area (Å²) in [5.41, 5.74) is -0.266. The molecule has 3 rings (SSSR count). The van der Waals surface area contributed by atoms with Crippen LogP contribution in [0.1, 0.15) is 30.3 Å². The minimum atomic E-state index is -0.914. The summed E-state index contributed by atoms with van der Waals surface area (Å²) < 4.78 is 17.0. The highest BCUT2D eigenvalue weighted by atomic mass is 16.5. The minimum Gasteiger partial charge on any atom is -0.486 e. The topological polar surface area (TPSA) is 132 Å². The molecule has 1 saturated heterocycles. The van der Waals surface area contributed by atoms with Gasteiger partial charge in [-0.15, -0.1) is 0 Å². The van der Waals surface area contributed by atoms with Gasteiger partial charge in [0.05, 0.1) is 38.3 Å². The standard InChI is InChI=1S/C22H29N5O7/c1-5-6-9-34-17-16(22(31)32-4)24-18-15(23-19(28)21(30)25(2)3)12-14(13-27(18)20(17)29)26-7-10-33-11-8-26/h12-13H,5-11H2,1-4H3,(H,23,28). The molecular formula is C22H29N5O7. The number of carbonyl (C=O) groups excluding carboxylic acids is 3. The van der Waals surface area contributed by atoms with E-state index in [1.807, 2.05) is 11.8 Å². The maximum atomic E-state index is 13.4. The molecular weight excluding hydrogens is 446 g/mol. The van der Waals surface area contributed by atoms with E-state index in [0.29, 0.717) is 38.4 Å². The molecule has 1 fully saturated rings. The molecule has 2 aromatic rings. The molecule has 184 valence electrons. The highest BCUT2D eigenvalue weighted by molar-refractivity contribution is 6.39. The Balaban J connectivity index is 2.22. The average molecular weight is 476 g/mol. The summed E-state index contributed by atoms with van der Waals surface area (Å²) >= 11 is 0. The van der Waals surface area contributed by atoms with Crippen molar-refractivity contribution in [2.24, 2.45) is 0 Å². The van der Waals surface area contributed by atoms with Gasteiger partial charge < -0.3 is 29.3 Å². The van der Waals surface area contributed by atoms with Crippen molar-refractivity contribution in [2.75, 3.05) is 64.3 Å². The monoisotopic (exact) mass is 475 g/mol. The summed E-state index contributed by atoms with van der Waals surface area (Å²) in [6.07, 6.45) is 3.06. The number of anilines is 2. The SMILES string of the molecule is CCCCOc1c(C(=O)OC)nc2c(NC(=O)C(=O)N(C)C)cc(N3CCOCC3)cn2c1=O. The Kier molecular flexibility index (Phi) is 8.05. The number of nitrogens with zero attached hydrogens (tertiary/aromatic N) is 4. The van der Waals surface area contributed by atoms with E-state index in [1.54, 1.807) is 12.3 Å². The fourth-order valence-corrected chi connectivity index (χ4v) is 3.36. The van der Waals surface area contributed by atoms with E-state index in [9.17, 15) is 19.2 Å². The van der Waals surface area contributed by atoms with Crippen molar-refractivity contribution in [1.29, 1.82) is 0 Å². The largest absolute Gasteiger partial charge is 0.486 e. The van der Waals surface area contributed by atoms with Crippen LogP contribution in [0.15, 0.2) is 17.1 Å². The van der Waals surface area contributed by atoms with Gasteiger partial charge in [0, 0.05) is 33.4 Å². The van der Waals surface area contributed by atoms with Gasteiger partial charge in [0.1, 0.15) is 0 Å². The van der Waals surface area contributed by atoms with E-state index in [4.69, 9.17) is 14.2 Å². The fraction of sp³-hybridized carbons (Fsp3) is 0.500. The van der Waals surface area contributed by atoms with Crippen molar-refractivity contribution < 1.29 is 28.6 Å². The number of morpholine rings is 1. The van der Waals surface area contributed by atoms with Crippen LogP contribution >= 0.6 is 0 Å². The van der Waals surface area contributed by atoms with Crippen LogP contribution in [0.4, 0.5) is 11.4 Å². The van der Waals surface area contributed by atoms with Gasteiger partial charge in [0.25, 0.3) is 0 Å². The Labute approximate surface area is 196 Å². The molecule has 0 aromatic carbocycles. The quantitative estimate of drug-likeness (QED) is 0.346. The van der Waals surface area contributed by atoms with Crippen molar-refractivity contribution in [2.45, 2.75) is 19.8 Å². The summed E-state index contributed by atoms with van der Waals surface area (Å²) in [6, 6.07) is 1.60. The number of fused-ring (bicyclic) bond motifs is 1. The first-order valence-corrected chi connectivity index (χ1v) is 10.9. The Bertz CT molecular complexity index is 1140. The molecule has 12 nitrogen and oxygen atoms in total. The number of likely N-dealkylation sites (N-methyl/N-ethyl adjacent to an activating group) is 1. The minimum absolute atomic E-state index is 0.0230. The number of amides is 2. The number of hydrogen-bond acceptors (Lipinski definition) is 9. The van der Waals surface area contributed by atoms with E-state index in [-0.39, 0.29) is 29.4 Å². The van der Waals surface area contributed by atoms with Crippen LogP contribution in [-0.4, -0.2) is 86.2 Å². The van der Waals surface area contributed by atoms with Gasteiger partial charge in [-0.25, -0.2) is 9.78 Å². The Hall–Kier alpha value is -3.67. The number of nitrogens with one attached hydrogen (secondary N) is 1. The molecule has 1 aliphatic heterocycles. The van der Waals surface area contributed by atoms with E-state index in [0.717, 1.165) is 11.3 Å². The first-order valence-electron chi connectivity index (χ1n) is 10.9. The summed E-state index contributed by atoms with van der Waals surface area (Å²) in [6.45, 7) is 4.31. The second-order valence-corrected chi connectivity index (χ2v) is 7.85. The number of methoxy groups -OCH3 is 1. The molecule has 0 unspecified atom stereocenters. The predicted molar refractivity (Wildman–Crippen MR) is 124 cm³/mol. The van der Waals surface area contributed by atoms with Crippen molar-refractivity contribution in [1.82, 2.24) is 14.3 Å². The van der Waals surface area contributed by atoms with Crippen molar-refractivity contribution >= 4 is 34.8 Å². The van der Waals surface area contributed by atoms with Crippen molar-refractivity contribution in [3.05, 3.63) is 28.3 Å². The number of esters is 1. The zero-order valence-corrected chi connectivity index (χ0v) is 19.8. The summed E-state index contributed by atoms with van der Waals surface area (Å²) in [4.78, 5) is 58.0. The molecule has 0 saturated carbocycles. The number of aromatic nitrogens is 2. The van der Waals surface area contributed by atoms with Crippen LogP contribution in [0.3, 0.4) is 0 Å². The van der Waals surface area contributed by atoms with Gasteiger partial charge in [-0.05, 0) is 12.5 Å². The van der Waals surface area contributed by atoms with Gasteiger partial charge in [-0.3, -0.25) is 18.8 Å². The molecule has 0 atom stereocenters. The molecule has 2 amide bonds. The summed E-state index contributed by atoms with van der Waals surface area (Å²) in [7, 11) is 4.06. The number of unbranched alkanes of at least 4 members (excludes halogenated alkanes) is 1. The molecule has 0 aliphatic carbocycles. The number of pyridine rings is 1. The van der Waals surface area contributed by atoms with Crippen LogP contribution in [-0.2, 0) is 19.1 Å². The van der Waals surface area contributed by atoms with Crippen LogP contribution in [0, 0.1) is 0 Å². The molecule has 0 spiro atoms. The number of hydrogen-bond donors (Lipinski definition) is 1. The summed E-state index contributed by atoms with van der Waals surface area (Å²) in [5.74, 6) is -2.79. The molecule has 34 heavy (non-hydrogen) atoms. The lowest BCUT2D eigenvalue weighted by Gasteiger charge is -2.29. The van der Waals surface area contributed by atoms with Crippen molar-refractivity contribution in [3.8, 4) is 5.75 Å². The smallest absolute Gasteiger partial charge is 0.360 e. The highest BCUT2D eigenvalue weighted by Gasteiger charge is 2.26. The van der Waals surface area contributed by atoms with Gasteiger partial charge in [-0.2, -0.15) is 0 Å². The van der Waals surface area contributed by atoms with Gasteiger partial charge in [0.15, 0.2) is 11.3 Å². The maximum absolute atomic E-state index is 13.4. The van der Waals surface area contributed by atoms with E-state index >= 15 is 0 Å². The van der Waals surface area contributed by atoms with E-state index in [1.165, 1.54) is 25.6 Å². The Morgan fingerprint density at radius 2 is 1.94 bits per heavy atom. The third-order valence-corrected chi connectivity index (χ3v) is 5.22. The normalized spacial score (nSPS) is 13.5. The number of carbonyl (C=O) groups is 3. The molecule has 2 aromatic heterocycles. The van der Waals surface area contributed by atoms with Gasteiger partial charge >= 0.3 is 23.3 Å². The first-order chi connectivity index (χ1) is 16.3. The lowest BCUT2D eigenvalue weighted by Crippen LogP contribution is -2.37. The van der Waals surface area contributed by atoms with E-state index < -0.39 is 23.3 Å². The van der Waals surface area contributed by atoms with Crippen LogP contribution in [0.25, 0.3) is 5.65 Å². The third-order valence-electron chi connectivity index (χ3n) is 5.22. The lowest BCUT2D eigenvalue weighted by atomic mass is 10.2. The second kappa shape index (κ2) is 11.0. The molecule has 1 N–H and O–H groups in total. The molecule has 12 heteroatoms. The van der Waals surface area contributed by atoms with Gasteiger partial charge in [-0.1, -0.05) is 13.3 Å². The molecule has 1 aliphatic rings. The zero-order valence-electron chi connectivity index (χ0n) is 19.8. The predicted octanol–water partition coefficient (Wildman–Crippen LogP) is 0.523. The zero-order chi connectivity index (χ0) is 24.8. The first kappa shape index (κ1) is 25.0. The van der Waals surface area contributed by atoms with Crippen molar-refractivity contribution in [3.63, 3.8) is 0 Å². The fourth-order valence-electron chi connectivity index (χ4n) is 3.36. The second-order valence-electron chi connectivity index (χ2n) is 7.85. The number of rotatable bonds is 7. The number of ether oxygens (including phenoxy) is 3. The van der Waals surface area contributed by atoms with E-state index in [2.05, 4.69) is 10.3 Å². The summed E-state index contributed by atoms with van der Waals surface area (Å²) in [5, 5.41) is 2.53. The van der Waals surface area contributed by atoms with Crippen LogP contribution in [0.5, 0.6) is 5.75 Å². The third kappa shape index (κ3) is 5.28. The molecule has 0 radical (unpaired) electrons. The lowest BCUT2D eigenvalue weighted by molar-refractivity contribution is -0.141. The Morgan fingerprint density at radius 1 is 1.24 bits per heavy atom. The van der Waals surface area contributed by atoms with Crippen LogP contribution < -0.4 is 20.5 Å². The molecule has 0 bridgehead atoms. The van der Waals surface area contributed by atoms with Crippen LogP contribution in [0.2, 0.25) is 0 Å². The van der Waals surface area contributed by atoms with Gasteiger partial charge in [0.2, 0.25) is 5.75 Å². The average Bonchev–Trinajstić information content (AvgIpc) is 2.84. The highest BCUT2D eigenvalue weighted by Crippen LogP contribution is 2.26.